The number of esters is 1. The van der Waals surface area contributed by atoms with Crippen LogP contribution in [0.4, 0.5) is 0 Å². The zero-order valence-corrected chi connectivity index (χ0v) is 10.6. The molecule has 0 bridgehead atoms. The molecule has 0 aromatic heterocycles. The van der Waals surface area contributed by atoms with Crippen LogP contribution in [0.3, 0.4) is 0 Å². The lowest BCUT2D eigenvalue weighted by atomic mass is 9.88. The molecule has 0 spiro atoms. The Hall–Kier alpha value is -1.19. The van der Waals surface area contributed by atoms with Crippen molar-refractivity contribution in [3.05, 3.63) is 0 Å². The van der Waals surface area contributed by atoms with Crippen LogP contribution in [0, 0.1) is 5.41 Å². The van der Waals surface area contributed by atoms with Crippen molar-refractivity contribution < 1.29 is 19.1 Å². The highest BCUT2D eigenvalue weighted by Crippen LogP contribution is 2.17. The lowest BCUT2D eigenvalue weighted by Gasteiger charge is -2.16. The second kappa shape index (κ2) is 5.77. The van der Waals surface area contributed by atoms with Crippen LogP contribution >= 0.6 is 0 Å². The van der Waals surface area contributed by atoms with E-state index < -0.39 is 17.5 Å². The number of carbonyl (C=O) groups excluding carboxylic acids is 3. The molecule has 1 atom stereocenters. The maximum atomic E-state index is 11.5. The van der Waals surface area contributed by atoms with E-state index in [0.717, 1.165) is 0 Å². The lowest BCUT2D eigenvalue weighted by molar-refractivity contribution is -0.154. The van der Waals surface area contributed by atoms with Crippen molar-refractivity contribution in [1.82, 2.24) is 0 Å². The van der Waals surface area contributed by atoms with Crippen molar-refractivity contribution in [2.24, 2.45) is 5.41 Å². The van der Waals surface area contributed by atoms with Crippen LogP contribution in [-0.2, 0) is 19.1 Å². The van der Waals surface area contributed by atoms with Crippen molar-refractivity contribution >= 4 is 17.5 Å². The number of Topliss-reactive ketones (excluding diaryl/α,β-unsaturated/α-hetero) is 2. The summed E-state index contributed by atoms with van der Waals surface area (Å²) in [5, 5.41) is 0. The third-order valence-electron chi connectivity index (χ3n) is 2.27. The fourth-order valence-electron chi connectivity index (χ4n) is 0.930. The van der Waals surface area contributed by atoms with E-state index in [1.54, 1.807) is 20.8 Å². The van der Waals surface area contributed by atoms with Crippen LogP contribution in [0.15, 0.2) is 0 Å². The Morgan fingerprint density at radius 1 is 1.12 bits per heavy atom. The van der Waals surface area contributed by atoms with Crippen LogP contribution in [0.1, 0.15) is 47.5 Å². The minimum atomic E-state index is -0.725. The molecule has 0 aromatic rings. The predicted octanol–water partition coefficient (Wildman–Crippen LogP) is 1.90. The highest BCUT2D eigenvalue weighted by Gasteiger charge is 2.22. The van der Waals surface area contributed by atoms with E-state index in [9.17, 15) is 14.4 Å². The predicted molar refractivity (Wildman–Crippen MR) is 59.9 cm³/mol. The molecule has 16 heavy (non-hydrogen) atoms. The molecule has 92 valence electrons. The Morgan fingerprint density at radius 3 is 2.00 bits per heavy atom. The normalized spacial score (nSPS) is 13.1. The average molecular weight is 228 g/mol. The third-order valence-corrected chi connectivity index (χ3v) is 2.27. The summed E-state index contributed by atoms with van der Waals surface area (Å²) in [6.07, 6.45) is -0.530. The Bertz CT molecular complexity index is 286. The summed E-state index contributed by atoms with van der Waals surface area (Å²) in [7, 11) is 0. The molecule has 4 heteroatoms. The minimum absolute atomic E-state index is 0.0138. The van der Waals surface area contributed by atoms with Crippen LogP contribution in [-0.4, -0.2) is 23.6 Å². The smallest absolute Gasteiger partial charge is 0.306 e. The number of ether oxygens (including phenoxy) is 1. The number of rotatable bonds is 5. The van der Waals surface area contributed by atoms with E-state index in [1.165, 1.54) is 13.8 Å². The van der Waals surface area contributed by atoms with Crippen molar-refractivity contribution in [2.45, 2.75) is 53.6 Å². The van der Waals surface area contributed by atoms with Gasteiger partial charge in [-0.15, -0.1) is 0 Å². The molecular weight excluding hydrogens is 208 g/mol. The molecule has 0 aliphatic rings. The van der Waals surface area contributed by atoms with Crippen LogP contribution < -0.4 is 0 Å². The average Bonchev–Trinajstić information content (AvgIpc) is 2.12. The highest BCUT2D eigenvalue weighted by atomic mass is 16.5. The van der Waals surface area contributed by atoms with Gasteiger partial charge in [-0.05, 0) is 13.8 Å². The van der Waals surface area contributed by atoms with Gasteiger partial charge in [-0.1, -0.05) is 20.8 Å². The number of ketones is 2. The Labute approximate surface area is 96.4 Å². The first-order chi connectivity index (χ1) is 7.14. The molecule has 0 aliphatic carbocycles. The molecule has 4 nitrogen and oxygen atoms in total. The van der Waals surface area contributed by atoms with E-state index >= 15 is 0 Å². The molecule has 0 aliphatic heterocycles. The van der Waals surface area contributed by atoms with Gasteiger partial charge >= 0.3 is 5.97 Å². The zero-order chi connectivity index (χ0) is 12.9. The molecule has 0 saturated carbocycles. The summed E-state index contributed by atoms with van der Waals surface area (Å²) in [5.74, 6) is -0.685. The molecule has 0 N–H and O–H groups in total. The van der Waals surface area contributed by atoms with Gasteiger partial charge in [-0.3, -0.25) is 14.4 Å². The second-order valence-corrected chi connectivity index (χ2v) is 4.92. The Morgan fingerprint density at radius 2 is 1.62 bits per heavy atom. The van der Waals surface area contributed by atoms with Gasteiger partial charge in [0, 0.05) is 11.8 Å². The van der Waals surface area contributed by atoms with E-state index in [0.29, 0.717) is 0 Å². The third kappa shape index (κ3) is 5.63. The van der Waals surface area contributed by atoms with Gasteiger partial charge in [-0.2, -0.15) is 0 Å². The quantitative estimate of drug-likeness (QED) is 0.674. The molecule has 0 saturated heterocycles. The number of hydrogen-bond donors (Lipinski definition) is 0. The standard InChI is InChI=1S/C12H20O4/c1-8(13)9(2)16-11(15)7-6-10(14)12(3,4)5/h9H,6-7H2,1-5H3. The van der Waals surface area contributed by atoms with Gasteiger partial charge in [0.2, 0.25) is 0 Å². The van der Waals surface area contributed by atoms with Crippen LogP contribution in [0.25, 0.3) is 0 Å². The van der Waals surface area contributed by atoms with Gasteiger partial charge in [0.1, 0.15) is 5.78 Å². The molecule has 0 heterocycles. The SMILES string of the molecule is CC(=O)C(C)OC(=O)CCC(=O)C(C)(C)C. The molecule has 0 fully saturated rings. The largest absolute Gasteiger partial charge is 0.455 e. The first-order valence-corrected chi connectivity index (χ1v) is 5.38. The summed E-state index contributed by atoms with van der Waals surface area (Å²) in [5.41, 5.74) is -0.438. The molecule has 0 amide bonds. The van der Waals surface area contributed by atoms with Crippen molar-refractivity contribution in [2.75, 3.05) is 0 Å². The summed E-state index contributed by atoms with van der Waals surface area (Å²) in [6.45, 7) is 8.29. The summed E-state index contributed by atoms with van der Waals surface area (Å²) < 4.78 is 4.83. The van der Waals surface area contributed by atoms with E-state index in [4.69, 9.17) is 4.74 Å². The first-order valence-electron chi connectivity index (χ1n) is 5.38. The number of carbonyl (C=O) groups is 3. The van der Waals surface area contributed by atoms with E-state index in [-0.39, 0.29) is 24.4 Å². The first kappa shape index (κ1) is 14.8. The fourth-order valence-corrected chi connectivity index (χ4v) is 0.930. The topological polar surface area (TPSA) is 60.4 Å². The Balaban J connectivity index is 4.01. The van der Waals surface area contributed by atoms with Crippen LogP contribution in [0.2, 0.25) is 0 Å². The molecule has 0 aromatic carbocycles. The summed E-state index contributed by atoms with van der Waals surface area (Å²) in [6, 6.07) is 0. The maximum Gasteiger partial charge on any atom is 0.306 e. The molecular formula is C12H20O4. The van der Waals surface area contributed by atoms with E-state index in [2.05, 4.69) is 0 Å². The fraction of sp³-hybridized carbons (Fsp3) is 0.750. The molecule has 0 rings (SSSR count). The monoisotopic (exact) mass is 228 g/mol. The molecule has 0 radical (unpaired) electrons. The highest BCUT2D eigenvalue weighted by molar-refractivity contribution is 5.88. The minimum Gasteiger partial charge on any atom is -0.455 e. The Kier molecular flexibility index (Phi) is 5.35. The summed E-state index contributed by atoms with van der Waals surface area (Å²) in [4.78, 5) is 33.6. The van der Waals surface area contributed by atoms with Crippen LogP contribution in [0.5, 0.6) is 0 Å². The maximum absolute atomic E-state index is 11.5. The van der Waals surface area contributed by atoms with E-state index in [1.807, 2.05) is 0 Å². The zero-order valence-electron chi connectivity index (χ0n) is 10.6. The lowest BCUT2D eigenvalue weighted by Crippen LogP contribution is -2.24. The van der Waals surface area contributed by atoms with Crippen molar-refractivity contribution in [1.29, 1.82) is 0 Å². The van der Waals surface area contributed by atoms with Gasteiger partial charge in [-0.25, -0.2) is 0 Å². The number of hydrogen-bond acceptors (Lipinski definition) is 4. The molecule has 1 unspecified atom stereocenters. The van der Waals surface area contributed by atoms with Gasteiger partial charge < -0.3 is 4.74 Å². The van der Waals surface area contributed by atoms with Crippen molar-refractivity contribution in [3.63, 3.8) is 0 Å². The second-order valence-electron chi connectivity index (χ2n) is 4.92. The summed E-state index contributed by atoms with van der Waals surface area (Å²) >= 11 is 0. The van der Waals surface area contributed by atoms with Gasteiger partial charge in [0.05, 0.1) is 6.42 Å². The van der Waals surface area contributed by atoms with Gasteiger partial charge in [0.15, 0.2) is 11.9 Å². The van der Waals surface area contributed by atoms with Crippen molar-refractivity contribution in [3.8, 4) is 0 Å². The van der Waals surface area contributed by atoms with Gasteiger partial charge in [0.25, 0.3) is 0 Å².